The number of likely N-dealkylation sites (tertiary alicyclic amines) is 1. The van der Waals surface area contributed by atoms with Crippen LogP contribution in [0.2, 0.25) is 0 Å². The highest BCUT2D eigenvalue weighted by Crippen LogP contribution is 2.20. The number of amides is 1. The molecule has 0 aromatic heterocycles. The van der Waals surface area contributed by atoms with Crippen LogP contribution in [0.15, 0.2) is 29.3 Å². The number of nitrogens with zero attached hydrogens (tertiary/aromatic N) is 2. The van der Waals surface area contributed by atoms with Crippen LogP contribution in [-0.4, -0.2) is 56.7 Å². The highest BCUT2D eigenvalue weighted by Gasteiger charge is 2.23. The van der Waals surface area contributed by atoms with Gasteiger partial charge in [-0.05, 0) is 43.4 Å². The third-order valence-corrected chi connectivity index (χ3v) is 4.51. The van der Waals surface area contributed by atoms with E-state index in [1.54, 1.807) is 7.11 Å². The quantitative estimate of drug-likeness (QED) is 0.233. The first kappa shape index (κ1) is 24.5. The molecule has 8 heteroatoms. The smallest absolute Gasteiger partial charge is 0.217 e. The minimum absolute atomic E-state index is 0. The van der Waals surface area contributed by atoms with Gasteiger partial charge in [0.25, 0.3) is 0 Å². The van der Waals surface area contributed by atoms with Crippen molar-refractivity contribution in [3.8, 4) is 5.75 Å². The predicted octanol–water partition coefficient (Wildman–Crippen LogP) is 2.38. The van der Waals surface area contributed by atoms with Gasteiger partial charge in [-0.15, -0.1) is 24.0 Å². The zero-order valence-electron chi connectivity index (χ0n) is 16.9. The molecular weight excluding hydrogens is 471 g/mol. The van der Waals surface area contributed by atoms with Crippen LogP contribution in [0.5, 0.6) is 5.75 Å². The SMILES string of the molecule is CCNC(=NCc1cccc(OCCOC)c1)N1CCCC(CC(N)=O)C1.I. The van der Waals surface area contributed by atoms with E-state index in [1.165, 1.54) is 0 Å². The molecule has 1 fully saturated rings. The van der Waals surface area contributed by atoms with Gasteiger partial charge in [0.05, 0.1) is 13.2 Å². The number of aliphatic imine (C=N–C) groups is 1. The normalized spacial score (nSPS) is 17.0. The van der Waals surface area contributed by atoms with E-state index in [-0.39, 0.29) is 29.9 Å². The Morgan fingerprint density at radius 2 is 2.21 bits per heavy atom. The number of rotatable bonds is 9. The Bertz CT molecular complexity index is 627. The molecule has 158 valence electrons. The fourth-order valence-corrected chi connectivity index (χ4v) is 3.28. The molecule has 1 heterocycles. The summed E-state index contributed by atoms with van der Waals surface area (Å²) < 4.78 is 10.7. The van der Waals surface area contributed by atoms with E-state index in [2.05, 4.69) is 17.1 Å². The number of piperidine rings is 1. The average molecular weight is 504 g/mol. The van der Waals surface area contributed by atoms with Crippen LogP contribution in [0, 0.1) is 5.92 Å². The number of methoxy groups -OCH3 is 1. The highest BCUT2D eigenvalue weighted by atomic mass is 127. The Labute approximate surface area is 185 Å². The van der Waals surface area contributed by atoms with Crippen molar-refractivity contribution >= 4 is 35.8 Å². The molecule has 1 aromatic rings. The minimum Gasteiger partial charge on any atom is -0.491 e. The number of benzene rings is 1. The van der Waals surface area contributed by atoms with Crippen molar-refractivity contribution < 1.29 is 14.3 Å². The number of hydrogen-bond donors (Lipinski definition) is 2. The maximum Gasteiger partial charge on any atom is 0.217 e. The summed E-state index contributed by atoms with van der Waals surface area (Å²) in [6.07, 6.45) is 2.53. The summed E-state index contributed by atoms with van der Waals surface area (Å²) in [5.41, 5.74) is 6.46. The molecule has 0 aliphatic carbocycles. The van der Waals surface area contributed by atoms with Gasteiger partial charge in [0.2, 0.25) is 5.91 Å². The Morgan fingerprint density at radius 3 is 2.93 bits per heavy atom. The van der Waals surface area contributed by atoms with E-state index >= 15 is 0 Å². The van der Waals surface area contributed by atoms with Crippen molar-refractivity contribution in [3.05, 3.63) is 29.8 Å². The lowest BCUT2D eigenvalue weighted by Crippen LogP contribution is -2.47. The minimum atomic E-state index is -0.228. The topological polar surface area (TPSA) is 89.2 Å². The summed E-state index contributed by atoms with van der Waals surface area (Å²) in [6.45, 7) is 6.28. The monoisotopic (exact) mass is 504 g/mol. The van der Waals surface area contributed by atoms with E-state index in [0.29, 0.717) is 32.1 Å². The van der Waals surface area contributed by atoms with Crippen LogP contribution in [0.3, 0.4) is 0 Å². The molecular formula is C20H33IN4O3. The standard InChI is InChI=1S/C20H32N4O3.HI/c1-3-22-20(24-9-5-7-17(15-24)13-19(21)25)23-14-16-6-4-8-18(12-16)27-11-10-26-2;/h4,6,8,12,17H,3,5,7,9-11,13-15H2,1-2H3,(H2,21,25)(H,22,23);1H. The highest BCUT2D eigenvalue weighted by molar-refractivity contribution is 14.0. The van der Waals surface area contributed by atoms with E-state index in [1.807, 2.05) is 24.3 Å². The number of guanidine groups is 1. The molecule has 0 spiro atoms. The molecule has 1 aromatic carbocycles. The summed E-state index contributed by atoms with van der Waals surface area (Å²) in [7, 11) is 1.66. The fourth-order valence-electron chi connectivity index (χ4n) is 3.28. The van der Waals surface area contributed by atoms with Crippen LogP contribution in [0.25, 0.3) is 0 Å². The third-order valence-electron chi connectivity index (χ3n) is 4.51. The molecule has 0 bridgehead atoms. The molecule has 2 rings (SSSR count). The Morgan fingerprint density at radius 1 is 1.39 bits per heavy atom. The van der Waals surface area contributed by atoms with Crippen molar-refractivity contribution in [2.24, 2.45) is 16.6 Å². The lowest BCUT2D eigenvalue weighted by Gasteiger charge is -2.34. The van der Waals surface area contributed by atoms with E-state index in [4.69, 9.17) is 20.2 Å². The van der Waals surface area contributed by atoms with Crippen LogP contribution >= 0.6 is 24.0 Å². The molecule has 1 aliphatic heterocycles. The van der Waals surface area contributed by atoms with Crippen molar-refractivity contribution in [3.63, 3.8) is 0 Å². The van der Waals surface area contributed by atoms with Gasteiger partial charge < -0.3 is 25.4 Å². The molecule has 28 heavy (non-hydrogen) atoms. The van der Waals surface area contributed by atoms with Crippen LogP contribution in [0.1, 0.15) is 31.7 Å². The summed E-state index contributed by atoms with van der Waals surface area (Å²) in [6, 6.07) is 7.97. The second-order valence-electron chi connectivity index (χ2n) is 6.78. The zero-order chi connectivity index (χ0) is 19.5. The molecule has 1 atom stereocenters. The third kappa shape index (κ3) is 8.64. The molecule has 1 unspecified atom stereocenters. The Balaban J connectivity index is 0.00000392. The van der Waals surface area contributed by atoms with Crippen LogP contribution in [-0.2, 0) is 16.1 Å². The van der Waals surface area contributed by atoms with Gasteiger partial charge in [-0.1, -0.05) is 12.1 Å². The maximum absolute atomic E-state index is 11.2. The van der Waals surface area contributed by atoms with E-state index < -0.39 is 0 Å². The number of primary amides is 1. The van der Waals surface area contributed by atoms with Crippen molar-refractivity contribution in [1.29, 1.82) is 0 Å². The van der Waals surface area contributed by atoms with Gasteiger partial charge in [0, 0.05) is 33.2 Å². The van der Waals surface area contributed by atoms with Crippen molar-refractivity contribution in [2.45, 2.75) is 32.7 Å². The van der Waals surface area contributed by atoms with Gasteiger partial charge in [-0.2, -0.15) is 0 Å². The summed E-state index contributed by atoms with van der Waals surface area (Å²) in [5.74, 6) is 1.79. The number of ether oxygens (including phenoxy) is 2. The van der Waals surface area contributed by atoms with Gasteiger partial charge in [0.1, 0.15) is 12.4 Å². The second-order valence-corrected chi connectivity index (χ2v) is 6.78. The molecule has 3 N–H and O–H groups in total. The van der Waals surface area contributed by atoms with Crippen LogP contribution in [0.4, 0.5) is 0 Å². The first-order valence-corrected chi connectivity index (χ1v) is 9.64. The molecule has 1 saturated heterocycles. The van der Waals surface area contributed by atoms with E-state index in [9.17, 15) is 4.79 Å². The molecule has 0 radical (unpaired) electrons. The lowest BCUT2D eigenvalue weighted by molar-refractivity contribution is -0.119. The fraction of sp³-hybridized carbons (Fsp3) is 0.600. The second kappa shape index (κ2) is 13.6. The number of halogens is 1. The van der Waals surface area contributed by atoms with Crippen LogP contribution < -0.4 is 15.8 Å². The van der Waals surface area contributed by atoms with E-state index in [0.717, 1.165) is 49.7 Å². The number of nitrogens with two attached hydrogens (primary N) is 1. The van der Waals surface area contributed by atoms with Gasteiger partial charge in [-0.25, -0.2) is 4.99 Å². The molecule has 7 nitrogen and oxygen atoms in total. The van der Waals surface area contributed by atoms with Gasteiger partial charge in [-0.3, -0.25) is 4.79 Å². The number of carbonyl (C=O) groups is 1. The number of hydrogen-bond acceptors (Lipinski definition) is 4. The van der Waals surface area contributed by atoms with Crippen molar-refractivity contribution in [2.75, 3.05) is 40.0 Å². The summed E-state index contributed by atoms with van der Waals surface area (Å²) in [5, 5.41) is 3.36. The predicted molar refractivity (Wildman–Crippen MR) is 122 cm³/mol. The Kier molecular flexibility index (Phi) is 11.9. The first-order chi connectivity index (χ1) is 13.1. The molecule has 1 aliphatic rings. The molecule has 0 saturated carbocycles. The lowest BCUT2D eigenvalue weighted by atomic mass is 9.95. The summed E-state index contributed by atoms with van der Waals surface area (Å²) in [4.78, 5) is 18.3. The maximum atomic E-state index is 11.2. The largest absolute Gasteiger partial charge is 0.491 e. The van der Waals surface area contributed by atoms with Gasteiger partial charge >= 0.3 is 0 Å². The van der Waals surface area contributed by atoms with Gasteiger partial charge in [0.15, 0.2) is 5.96 Å². The van der Waals surface area contributed by atoms with Crippen molar-refractivity contribution in [1.82, 2.24) is 10.2 Å². The Hall–Kier alpha value is -1.55. The first-order valence-electron chi connectivity index (χ1n) is 9.64. The molecule has 1 amide bonds. The summed E-state index contributed by atoms with van der Waals surface area (Å²) >= 11 is 0. The number of carbonyl (C=O) groups excluding carboxylic acids is 1. The number of nitrogens with one attached hydrogen (secondary N) is 1. The zero-order valence-corrected chi connectivity index (χ0v) is 19.2. The average Bonchev–Trinajstić information content (AvgIpc) is 2.65.